The van der Waals surface area contributed by atoms with Crippen LogP contribution in [0.4, 0.5) is 13.2 Å². The summed E-state index contributed by atoms with van der Waals surface area (Å²) in [5.74, 6) is 0.351. The predicted molar refractivity (Wildman–Crippen MR) is 73.2 cm³/mol. The van der Waals surface area contributed by atoms with E-state index in [2.05, 4.69) is 0 Å². The van der Waals surface area contributed by atoms with Crippen LogP contribution in [0.5, 0.6) is 5.75 Å². The van der Waals surface area contributed by atoms with E-state index in [9.17, 15) is 18.3 Å². The van der Waals surface area contributed by atoms with E-state index >= 15 is 0 Å². The van der Waals surface area contributed by atoms with Crippen molar-refractivity contribution in [2.45, 2.75) is 12.8 Å². The predicted octanol–water partition coefficient (Wildman–Crippen LogP) is 3.91. The van der Waals surface area contributed by atoms with Crippen LogP contribution in [0.1, 0.15) is 11.1 Å². The Hall–Kier alpha value is -1.57. The van der Waals surface area contributed by atoms with Gasteiger partial charge in [-0.05, 0) is 17.7 Å². The molecule has 2 aromatic rings. The van der Waals surface area contributed by atoms with Gasteiger partial charge in [0, 0.05) is 18.1 Å². The van der Waals surface area contributed by atoms with Gasteiger partial charge >= 0.3 is 6.18 Å². The van der Waals surface area contributed by atoms with Crippen LogP contribution in [0.2, 0.25) is 0 Å². The van der Waals surface area contributed by atoms with Gasteiger partial charge in [-0.25, -0.2) is 0 Å². The van der Waals surface area contributed by atoms with Crippen molar-refractivity contribution in [2.24, 2.45) is 0 Å². The summed E-state index contributed by atoms with van der Waals surface area (Å²) < 4.78 is 48.5. The summed E-state index contributed by atoms with van der Waals surface area (Å²) in [5, 5.41) is 10.9. The molecule has 1 heterocycles. The van der Waals surface area contributed by atoms with Gasteiger partial charge in [0.1, 0.15) is 5.75 Å². The maximum absolute atomic E-state index is 12.8. The molecule has 3 nitrogen and oxygen atoms in total. The Morgan fingerprint density at radius 3 is 2.67 bits per heavy atom. The molecule has 7 heteroatoms. The zero-order chi connectivity index (χ0) is 15.5. The number of halogens is 3. The maximum atomic E-state index is 12.8. The summed E-state index contributed by atoms with van der Waals surface area (Å²) in [6.45, 7) is -0.301. The quantitative estimate of drug-likeness (QED) is 0.850. The first kappa shape index (κ1) is 15.8. The summed E-state index contributed by atoms with van der Waals surface area (Å²) in [5.41, 5.74) is 0.182. The summed E-state index contributed by atoms with van der Waals surface area (Å²) in [7, 11) is 1.44. The molecule has 0 saturated heterocycles. The first-order valence-electron chi connectivity index (χ1n) is 5.98. The Morgan fingerprint density at radius 1 is 1.29 bits per heavy atom. The van der Waals surface area contributed by atoms with Crippen molar-refractivity contribution in [1.82, 2.24) is 0 Å². The number of benzene rings is 1. The summed E-state index contributed by atoms with van der Waals surface area (Å²) in [6, 6.07) is 4.99. The van der Waals surface area contributed by atoms with Gasteiger partial charge in [0.25, 0.3) is 0 Å². The average molecular weight is 318 g/mol. The van der Waals surface area contributed by atoms with Crippen molar-refractivity contribution < 1.29 is 27.8 Å². The second kappa shape index (κ2) is 6.46. The van der Waals surface area contributed by atoms with Gasteiger partial charge in [-0.15, -0.1) is 11.3 Å². The van der Waals surface area contributed by atoms with E-state index in [4.69, 9.17) is 9.47 Å². The second-order valence-corrected chi connectivity index (χ2v) is 5.09. The van der Waals surface area contributed by atoms with E-state index < -0.39 is 11.7 Å². The lowest BCUT2D eigenvalue weighted by Crippen LogP contribution is -2.04. The van der Waals surface area contributed by atoms with Crippen molar-refractivity contribution in [3.63, 3.8) is 0 Å². The molecular formula is C14H13F3O3S. The van der Waals surface area contributed by atoms with Crippen LogP contribution >= 0.6 is 11.3 Å². The molecule has 114 valence electrons. The van der Waals surface area contributed by atoms with Crippen LogP contribution < -0.4 is 4.74 Å². The number of thiophene rings is 1. The van der Waals surface area contributed by atoms with Crippen molar-refractivity contribution in [1.29, 1.82) is 0 Å². The van der Waals surface area contributed by atoms with Gasteiger partial charge < -0.3 is 14.6 Å². The third-order valence-corrected chi connectivity index (χ3v) is 3.82. The molecule has 2 rings (SSSR count). The SMILES string of the molecule is COCOc1c(CO)csc1-c1cccc(C(F)(F)F)c1. The zero-order valence-electron chi connectivity index (χ0n) is 11.1. The Labute approximate surface area is 123 Å². The lowest BCUT2D eigenvalue weighted by atomic mass is 10.1. The number of alkyl halides is 3. The van der Waals surface area contributed by atoms with Crippen LogP contribution in [0.3, 0.4) is 0 Å². The maximum Gasteiger partial charge on any atom is 0.416 e. The van der Waals surface area contributed by atoms with Crippen molar-refractivity contribution in [3.8, 4) is 16.2 Å². The first-order chi connectivity index (χ1) is 9.97. The normalized spacial score (nSPS) is 11.7. The molecule has 0 aliphatic heterocycles. The van der Waals surface area contributed by atoms with Crippen molar-refractivity contribution in [3.05, 3.63) is 40.8 Å². The molecular weight excluding hydrogens is 305 g/mol. The van der Waals surface area contributed by atoms with Crippen molar-refractivity contribution in [2.75, 3.05) is 13.9 Å². The molecule has 0 aliphatic carbocycles. The van der Waals surface area contributed by atoms with E-state index in [-0.39, 0.29) is 13.4 Å². The molecule has 21 heavy (non-hydrogen) atoms. The Balaban J connectivity index is 2.44. The lowest BCUT2D eigenvalue weighted by molar-refractivity contribution is -0.137. The monoisotopic (exact) mass is 318 g/mol. The van der Waals surface area contributed by atoms with E-state index in [1.54, 1.807) is 11.4 Å². The number of hydrogen-bond acceptors (Lipinski definition) is 4. The number of ether oxygens (including phenoxy) is 2. The highest BCUT2D eigenvalue weighted by molar-refractivity contribution is 7.14. The lowest BCUT2D eigenvalue weighted by Gasteiger charge is -2.11. The fourth-order valence-corrected chi connectivity index (χ4v) is 2.81. The average Bonchev–Trinajstić information content (AvgIpc) is 2.87. The highest BCUT2D eigenvalue weighted by Crippen LogP contribution is 2.41. The number of rotatable bonds is 5. The Morgan fingerprint density at radius 2 is 2.05 bits per heavy atom. The number of methoxy groups -OCH3 is 1. The minimum atomic E-state index is -4.40. The van der Waals surface area contributed by atoms with Gasteiger partial charge in [0.05, 0.1) is 17.0 Å². The van der Waals surface area contributed by atoms with Gasteiger partial charge in [0.15, 0.2) is 6.79 Å². The fraction of sp³-hybridized carbons (Fsp3) is 0.286. The van der Waals surface area contributed by atoms with E-state index in [0.29, 0.717) is 21.8 Å². The topological polar surface area (TPSA) is 38.7 Å². The molecule has 1 aromatic carbocycles. The minimum Gasteiger partial charge on any atom is -0.466 e. The van der Waals surface area contributed by atoms with Crippen LogP contribution in [0, 0.1) is 0 Å². The van der Waals surface area contributed by atoms with Crippen LogP contribution in [0.25, 0.3) is 10.4 Å². The minimum absolute atomic E-state index is 0.0459. The molecule has 1 N–H and O–H groups in total. The second-order valence-electron chi connectivity index (χ2n) is 4.21. The molecule has 1 aromatic heterocycles. The van der Waals surface area contributed by atoms with Gasteiger partial charge in [-0.2, -0.15) is 13.2 Å². The van der Waals surface area contributed by atoms with Gasteiger partial charge in [0.2, 0.25) is 0 Å². The number of aliphatic hydroxyl groups is 1. The number of hydrogen-bond donors (Lipinski definition) is 1. The van der Waals surface area contributed by atoms with Gasteiger partial charge in [-0.3, -0.25) is 0 Å². The first-order valence-corrected chi connectivity index (χ1v) is 6.86. The van der Waals surface area contributed by atoms with Crippen molar-refractivity contribution >= 4 is 11.3 Å². The van der Waals surface area contributed by atoms with E-state index in [0.717, 1.165) is 12.1 Å². The molecule has 0 radical (unpaired) electrons. The Kier molecular flexibility index (Phi) is 4.87. The highest BCUT2D eigenvalue weighted by Gasteiger charge is 2.30. The highest BCUT2D eigenvalue weighted by atomic mass is 32.1. The molecule has 0 amide bonds. The van der Waals surface area contributed by atoms with Gasteiger partial charge in [-0.1, -0.05) is 12.1 Å². The number of aliphatic hydroxyl groups excluding tert-OH is 1. The molecule has 0 atom stereocenters. The molecule has 0 spiro atoms. The van der Waals surface area contributed by atoms with Crippen LogP contribution in [-0.2, 0) is 17.5 Å². The molecule has 0 unspecified atom stereocenters. The van der Waals surface area contributed by atoms with E-state index in [1.165, 1.54) is 24.5 Å². The molecule has 0 saturated carbocycles. The van der Waals surface area contributed by atoms with Crippen LogP contribution in [0.15, 0.2) is 29.6 Å². The smallest absolute Gasteiger partial charge is 0.416 e. The summed E-state index contributed by atoms with van der Waals surface area (Å²) in [6.07, 6.45) is -4.40. The standard InChI is InChI=1S/C14H13F3O3S/c1-19-8-20-12-10(6-18)7-21-13(12)9-3-2-4-11(5-9)14(15,16)17/h2-5,7,18H,6,8H2,1H3. The molecule has 0 bridgehead atoms. The van der Waals surface area contributed by atoms with Crippen LogP contribution in [-0.4, -0.2) is 19.0 Å². The largest absolute Gasteiger partial charge is 0.466 e. The molecule has 0 aliphatic rings. The van der Waals surface area contributed by atoms with E-state index in [1.807, 2.05) is 0 Å². The third-order valence-electron chi connectivity index (χ3n) is 2.76. The summed E-state index contributed by atoms with van der Waals surface area (Å²) >= 11 is 1.22. The Bertz CT molecular complexity index is 608. The molecule has 0 fully saturated rings. The summed E-state index contributed by atoms with van der Waals surface area (Å²) in [4.78, 5) is 0.530. The zero-order valence-corrected chi connectivity index (χ0v) is 11.9. The third kappa shape index (κ3) is 3.55. The fourth-order valence-electron chi connectivity index (χ4n) is 1.80.